The highest BCUT2D eigenvalue weighted by molar-refractivity contribution is 5.81. The Morgan fingerprint density at radius 3 is 3.05 bits per heavy atom. The van der Waals surface area contributed by atoms with Crippen molar-refractivity contribution in [3.05, 3.63) is 48.3 Å². The Morgan fingerprint density at radius 2 is 2.21 bits per heavy atom. The van der Waals surface area contributed by atoms with Crippen molar-refractivity contribution in [2.45, 2.75) is 6.54 Å². The first-order valence-corrected chi connectivity index (χ1v) is 5.97. The number of aromatic nitrogens is 3. The minimum Gasteiger partial charge on any atom is -0.481 e. The Balaban J connectivity index is 2.03. The highest BCUT2D eigenvalue weighted by Crippen LogP contribution is 2.20. The number of hydrogen-bond acceptors (Lipinski definition) is 4. The van der Waals surface area contributed by atoms with Crippen LogP contribution in [0.3, 0.4) is 0 Å². The number of nitrogens with two attached hydrogens (primary N) is 1. The van der Waals surface area contributed by atoms with Gasteiger partial charge in [0.15, 0.2) is 0 Å². The maximum atomic E-state index is 5.82. The van der Waals surface area contributed by atoms with Crippen molar-refractivity contribution in [3.8, 4) is 5.88 Å². The summed E-state index contributed by atoms with van der Waals surface area (Å²) in [5.41, 5.74) is 8.54. The lowest BCUT2D eigenvalue weighted by Crippen LogP contribution is -2.04. The zero-order chi connectivity index (χ0) is 13.2. The van der Waals surface area contributed by atoms with Gasteiger partial charge < -0.3 is 10.5 Å². The number of fused-ring (bicyclic) bond motifs is 1. The Bertz CT molecular complexity index is 720. The van der Waals surface area contributed by atoms with Crippen LogP contribution in [0.4, 0.5) is 5.69 Å². The Kier molecular flexibility index (Phi) is 2.79. The first kappa shape index (κ1) is 11.5. The quantitative estimate of drug-likeness (QED) is 0.727. The molecular weight excluding hydrogens is 240 g/mol. The minimum atomic E-state index is 0.601. The fourth-order valence-corrected chi connectivity index (χ4v) is 2.10. The zero-order valence-electron chi connectivity index (χ0n) is 10.6. The lowest BCUT2D eigenvalue weighted by atomic mass is 10.2. The Morgan fingerprint density at radius 1 is 1.32 bits per heavy atom. The molecule has 2 aromatic heterocycles. The average Bonchev–Trinajstić information content (AvgIpc) is 2.82. The second-order valence-electron chi connectivity index (χ2n) is 4.29. The van der Waals surface area contributed by atoms with Crippen LogP contribution < -0.4 is 10.5 Å². The van der Waals surface area contributed by atoms with Crippen LogP contribution in [-0.4, -0.2) is 21.9 Å². The summed E-state index contributed by atoms with van der Waals surface area (Å²) in [4.78, 5) is 4.19. The molecule has 96 valence electrons. The number of rotatable bonds is 3. The third kappa shape index (κ3) is 2.10. The van der Waals surface area contributed by atoms with Crippen LogP contribution in [-0.2, 0) is 6.54 Å². The van der Waals surface area contributed by atoms with E-state index in [9.17, 15) is 0 Å². The summed E-state index contributed by atoms with van der Waals surface area (Å²) < 4.78 is 7.15. The fraction of sp³-hybridized carbons (Fsp3) is 0.143. The summed E-state index contributed by atoms with van der Waals surface area (Å²) in [7, 11) is 1.62. The summed E-state index contributed by atoms with van der Waals surface area (Å²) in [6.07, 6.45) is 3.54. The van der Waals surface area contributed by atoms with Crippen molar-refractivity contribution in [2.24, 2.45) is 0 Å². The van der Waals surface area contributed by atoms with Gasteiger partial charge in [0.05, 0.1) is 25.4 Å². The van der Waals surface area contributed by atoms with Crippen molar-refractivity contribution < 1.29 is 4.74 Å². The molecule has 0 bridgehead atoms. The van der Waals surface area contributed by atoms with Crippen LogP contribution in [0.2, 0.25) is 0 Å². The molecule has 2 heterocycles. The summed E-state index contributed by atoms with van der Waals surface area (Å²) >= 11 is 0. The fourth-order valence-electron chi connectivity index (χ4n) is 2.10. The van der Waals surface area contributed by atoms with Crippen LogP contribution in [0.1, 0.15) is 5.56 Å². The van der Waals surface area contributed by atoms with Gasteiger partial charge in [0.1, 0.15) is 0 Å². The van der Waals surface area contributed by atoms with Crippen molar-refractivity contribution in [1.82, 2.24) is 14.8 Å². The third-order valence-corrected chi connectivity index (χ3v) is 3.03. The molecule has 5 heteroatoms. The van der Waals surface area contributed by atoms with E-state index in [-0.39, 0.29) is 0 Å². The predicted molar refractivity (Wildman–Crippen MR) is 74.0 cm³/mol. The monoisotopic (exact) mass is 254 g/mol. The van der Waals surface area contributed by atoms with Gasteiger partial charge in [-0.2, -0.15) is 5.10 Å². The van der Waals surface area contributed by atoms with E-state index >= 15 is 0 Å². The van der Waals surface area contributed by atoms with Crippen LogP contribution in [0.15, 0.2) is 42.7 Å². The van der Waals surface area contributed by atoms with Gasteiger partial charge in [-0.1, -0.05) is 6.07 Å². The minimum absolute atomic E-state index is 0.601. The number of hydrogen-bond donors (Lipinski definition) is 1. The molecule has 0 fully saturated rings. The highest BCUT2D eigenvalue weighted by atomic mass is 16.5. The second kappa shape index (κ2) is 4.61. The molecule has 3 rings (SSSR count). The lowest BCUT2D eigenvalue weighted by Gasteiger charge is -2.08. The zero-order valence-corrected chi connectivity index (χ0v) is 10.6. The van der Waals surface area contributed by atoms with Gasteiger partial charge in [0.2, 0.25) is 5.88 Å². The van der Waals surface area contributed by atoms with E-state index in [0.29, 0.717) is 12.4 Å². The predicted octanol–water partition coefficient (Wildman–Crippen LogP) is 2.07. The number of benzene rings is 1. The van der Waals surface area contributed by atoms with Crippen molar-refractivity contribution in [2.75, 3.05) is 12.8 Å². The van der Waals surface area contributed by atoms with Gasteiger partial charge >= 0.3 is 0 Å². The van der Waals surface area contributed by atoms with E-state index in [4.69, 9.17) is 10.5 Å². The second-order valence-corrected chi connectivity index (χ2v) is 4.29. The van der Waals surface area contributed by atoms with Crippen LogP contribution in [0.5, 0.6) is 5.88 Å². The SMILES string of the molecule is COc1ncccc1Cn1ncc2ccc(N)cc21. The van der Waals surface area contributed by atoms with E-state index in [0.717, 1.165) is 22.2 Å². The molecule has 0 atom stereocenters. The number of anilines is 1. The molecule has 19 heavy (non-hydrogen) atoms. The van der Waals surface area contributed by atoms with Gasteiger partial charge in [0, 0.05) is 22.8 Å². The number of ether oxygens (including phenoxy) is 1. The normalized spacial score (nSPS) is 10.8. The molecule has 0 aliphatic rings. The molecule has 0 unspecified atom stereocenters. The number of nitrogens with zero attached hydrogens (tertiary/aromatic N) is 3. The summed E-state index contributed by atoms with van der Waals surface area (Å²) in [5.74, 6) is 0.620. The molecule has 1 aromatic carbocycles. The standard InChI is InChI=1S/C14H14N4O/c1-19-14-11(3-2-6-16-14)9-18-13-7-12(15)5-4-10(13)8-17-18/h2-8H,9,15H2,1H3. The molecule has 0 radical (unpaired) electrons. The summed E-state index contributed by atoms with van der Waals surface area (Å²) in [6, 6.07) is 9.63. The molecule has 0 saturated heterocycles. The topological polar surface area (TPSA) is 66.0 Å². The number of nitrogen functional groups attached to an aromatic ring is 1. The first-order chi connectivity index (χ1) is 9.28. The number of pyridine rings is 1. The third-order valence-electron chi connectivity index (χ3n) is 3.03. The van der Waals surface area contributed by atoms with Crippen LogP contribution >= 0.6 is 0 Å². The van der Waals surface area contributed by atoms with Gasteiger partial charge in [-0.15, -0.1) is 0 Å². The van der Waals surface area contributed by atoms with Gasteiger partial charge in [-0.05, 0) is 24.3 Å². The van der Waals surface area contributed by atoms with Gasteiger partial charge in [-0.3, -0.25) is 4.68 Å². The molecular formula is C14H14N4O. The Hall–Kier alpha value is -2.56. The highest BCUT2D eigenvalue weighted by Gasteiger charge is 2.08. The maximum Gasteiger partial charge on any atom is 0.218 e. The molecule has 5 nitrogen and oxygen atoms in total. The molecule has 0 spiro atoms. The molecule has 0 aliphatic carbocycles. The summed E-state index contributed by atoms with van der Waals surface area (Å²) in [6.45, 7) is 0.601. The lowest BCUT2D eigenvalue weighted by molar-refractivity contribution is 0.390. The molecule has 0 amide bonds. The average molecular weight is 254 g/mol. The largest absolute Gasteiger partial charge is 0.481 e. The van der Waals surface area contributed by atoms with E-state index in [2.05, 4.69) is 10.1 Å². The molecule has 0 saturated carbocycles. The van der Waals surface area contributed by atoms with E-state index in [1.807, 2.05) is 41.2 Å². The van der Waals surface area contributed by atoms with Crippen LogP contribution in [0, 0.1) is 0 Å². The maximum absolute atomic E-state index is 5.82. The van der Waals surface area contributed by atoms with Crippen LogP contribution in [0.25, 0.3) is 10.9 Å². The first-order valence-electron chi connectivity index (χ1n) is 5.97. The summed E-state index contributed by atoms with van der Waals surface area (Å²) in [5, 5.41) is 5.45. The molecule has 3 aromatic rings. The van der Waals surface area contributed by atoms with Crippen molar-refractivity contribution >= 4 is 16.6 Å². The Labute approximate surface area is 110 Å². The van der Waals surface area contributed by atoms with E-state index < -0.39 is 0 Å². The molecule has 0 aliphatic heterocycles. The van der Waals surface area contributed by atoms with Gasteiger partial charge in [-0.25, -0.2) is 4.98 Å². The van der Waals surface area contributed by atoms with E-state index in [1.54, 1.807) is 13.3 Å². The number of methoxy groups -OCH3 is 1. The van der Waals surface area contributed by atoms with E-state index in [1.165, 1.54) is 0 Å². The van der Waals surface area contributed by atoms with Gasteiger partial charge in [0.25, 0.3) is 0 Å². The van der Waals surface area contributed by atoms with Crippen molar-refractivity contribution in [3.63, 3.8) is 0 Å². The smallest absolute Gasteiger partial charge is 0.218 e. The molecule has 2 N–H and O–H groups in total. The van der Waals surface area contributed by atoms with Crippen molar-refractivity contribution in [1.29, 1.82) is 0 Å².